The number of aliphatic carboxylic acids is 1. The lowest BCUT2D eigenvalue weighted by Gasteiger charge is -2.22. The summed E-state index contributed by atoms with van der Waals surface area (Å²) in [6, 6.07) is 0. The molecule has 0 saturated carbocycles. The summed E-state index contributed by atoms with van der Waals surface area (Å²) in [5, 5.41) is 8.75. The maximum absolute atomic E-state index is 11.8. The van der Waals surface area contributed by atoms with Crippen molar-refractivity contribution in [1.29, 1.82) is 0 Å². The normalized spacial score (nSPS) is 10.7. The number of rotatable bonds is 10. The molecular formula is C12H23NO5. The summed E-state index contributed by atoms with van der Waals surface area (Å²) < 4.78 is 9.99. The van der Waals surface area contributed by atoms with Gasteiger partial charge in [0.25, 0.3) is 0 Å². The summed E-state index contributed by atoms with van der Waals surface area (Å²) in [6.07, 6.45) is 0.198. The van der Waals surface area contributed by atoms with E-state index in [1.165, 1.54) is 4.90 Å². The maximum Gasteiger partial charge on any atom is 0.323 e. The summed E-state index contributed by atoms with van der Waals surface area (Å²) in [4.78, 5) is 23.8. The molecule has 18 heavy (non-hydrogen) atoms. The lowest BCUT2D eigenvalue weighted by Crippen LogP contribution is -2.38. The molecule has 1 N–H and O–H groups in total. The number of ether oxygens (including phenoxy) is 2. The lowest BCUT2D eigenvalue weighted by molar-refractivity contribution is -0.145. The maximum atomic E-state index is 11.8. The van der Waals surface area contributed by atoms with Gasteiger partial charge in [-0.25, -0.2) is 0 Å². The van der Waals surface area contributed by atoms with Gasteiger partial charge in [-0.05, 0) is 5.92 Å². The number of carbonyl (C=O) groups is 2. The summed E-state index contributed by atoms with van der Waals surface area (Å²) in [6.45, 7) is 5.29. The second kappa shape index (κ2) is 9.85. The fraction of sp³-hybridized carbons (Fsp3) is 0.833. The van der Waals surface area contributed by atoms with E-state index >= 15 is 0 Å². The standard InChI is InChI=1S/C12H23NO5/c1-10(2)8-13(9-12(15)16)11(14)4-5-18-7-6-17-3/h10H,4-9H2,1-3H3,(H,15,16). The topological polar surface area (TPSA) is 76.1 Å². The predicted octanol–water partition coefficient (Wildman–Crippen LogP) is 0.609. The highest BCUT2D eigenvalue weighted by molar-refractivity contribution is 5.81. The molecule has 0 unspecified atom stereocenters. The Morgan fingerprint density at radius 3 is 2.39 bits per heavy atom. The third-order valence-electron chi connectivity index (χ3n) is 2.16. The highest BCUT2D eigenvalue weighted by Gasteiger charge is 2.17. The molecule has 6 nitrogen and oxygen atoms in total. The average Bonchev–Trinajstić information content (AvgIpc) is 2.26. The van der Waals surface area contributed by atoms with Gasteiger partial charge in [0.1, 0.15) is 6.54 Å². The van der Waals surface area contributed by atoms with Gasteiger partial charge < -0.3 is 19.5 Å². The van der Waals surface area contributed by atoms with Crippen molar-refractivity contribution < 1.29 is 24.2 Å². The molecular weight excluding hydrogens is 238 g/mol. The molecule has 0 radical (unpaired) electrons. The van der Waals surface area contributed by atoms with E-state index in [-0.39, 0.29) is 31.4 Å². The fourth-order valence-electron chi connectivity index (χ4n) is 1.42. The summed E-state index contributed by atoms with van der Waals surface area (Å²) in [7, 11) is 1.58. The van der Waals surface area contributed by atoms with Crippen LogP contribution >= 0.6 is 0 Å². The molecule has 0 saturated heterocycles. The second-order valence-electron chi connectivity index (χ2n) is 4.42. The smallest absolute Gasteiger partial charge is 0.323 e. The number of amides is 1. The Labute approximate surface area is 108 Å². The van der Waals surface area contributed by atoms with Crippen LogP contribution in [-0.2, 0) is 19.1 Å². The van der Waals surface area contributed by atoms with Gasteiger partial charge in [0.15, 0.2) is 0 Å². The zero-order chi connectivity index (χ0) is 14.0. The van der Waals surface area contributed by atoms with Crippen molar-refractivity contribution in [3.63, 3.8) is 0 Å². The highest BCUT2D eigenvalue weighted by Crippen LogP contribution is 2.02. The first-order valence-corrected chi connectivity index (χ1v) is 6.03. The molecule has 0 aliphatic heterocycles. The quantitative estimate of drug-likeness (QED) is 0.583. The van der Waals surface area contributed by atoms with Crippen molar-refractivity contribution in [2.45, 2.75) is 20.3 Å². The molecule has 0 bridgehead atoms. The van der Waals surface area contributed by atoms with E-state index in [4.69, 9.17) is 14.6 Å². The van der Waals surface area contributed by atoms with E-state index in [2.05, 4.69) is 0 Å². The van der Waals surface area contributed by atoms with E-state index in [9.17, 15) is 9.59 Å². The molecule has 0 aromatic carbocycles. The van der Waals surface area contributed by atoms with Crippen LogP contribution in [0.2, 0.25) is 0 Å². The molecule has 1 amide bonds. The van der Waals surface area contributed by atoms with E-state index in [1.807, 2.05) is 13.8 Å². The van der Waals surface area contributed by atoms with Crippen LogP contribution in [0.15, 0.2) is 0 Å². The van der Waals surface area contributed by atoms with Crippen molar-refractivity contribution in [3.05, 3.63) is 0 Å². The van der Waals surface area contributed by atoms with Gasteiger partial charge in [-0.3, -0.25) is 9.59 Å². The number of hydrogen-bond donors (Lipinski definition) is 1. The largest absolute Gasteiger partial charge is 0.480 e. The Kier molecular flexibility index (Phi) is 9.22. The molecule has 0 aliphatic rings. The molecule has 6 heteroatoms. The molecule has 0 heterocycles. The van der Waals surface area contributed by atoms with Crippen LogP contribution in [0, 0.1) is 5.92 Å². The molecule has 106 valence electrons. The van der Waals surface area contributed by atoms with E-state index in [0.717, 1.165) is 0 Å². The van der Waals surface area contributed by atoms with Crippen molar-refractivity contribution in [2.24, 2.45) is 5.92 Å². The fourth-order valence-corrected chi connectivity index (χ4v) is 1.42. The molecule has 0 aromatic heterocycles. The van der Waals surface area contributed by atoms with Crippen LogP contribution in [0.1, 0.15) is 20.3 Å². The van der Waals surface area contributed by atoms with E-state index < -0.39 is 5.97 Å². The molecule has 0 atom stereocenters. The summed E-state index contributed by atoms with van der Waals surface area (Å²) in [5.74, 6) is -0.949. The monoisotopic (exact) mass is 261 g/mol. The van der Waals surface area contributed by atoms with Crippen molar-refractivity contribution >= 4 is 11.9 Å². The van der Waals surface area contributed by atoms with Crippen molar-refractivity contribution in [1.82, 2.24) is 4.90 Å². The Balaban J connectivity index is 4.00. The Bertz CT molecular complexity index is 255. The van der Waals surface area contributed by atoms with Gasteiger partial charge in [-0.15, -0.1) is 0 Å². The van der Waals surface area contributed by atoms with Crippen LogP contribution in [-0.4, -0.2) is 61.9 Å². The van der Waals surface area contributed by atoms with Crippen molar-refractivity contribution in [2.75, 3.05) is 40.0 Å². The van der Waals surface area contributed by atoms with Gasteiger partial charge in [-0.2, -0.15) is 0 Å². The van der Waals surface area contributed by atoms with E-state index in [1.54, 1.807) is 7.11 Å². The zero-order valence-electron chi connectivity index (χ0n) is 11.3. The Hall–Kier alpha value is -1.14. The summed E-state index contributed by atoms with van der Waals surface area (Å²) in [5.41, 5.74) is 0. The Morgan fingerprint density at radius 1 is 1.22 bits per heavy atom. The highest BCUT2D eigenvalue weighted by atomic mass is 16.5. The molecule has 0 fully saturated rings. The van der Waals surface area contributed by atoms with Gasteiger partial charge in [-0.1, -0.05) is 13.8 Å². The number of nitrogens with zero attached hydrogens (tertiary/aromatic N) is 1. The number of hydrogen-bond acceptors (Lipinski definition) is 4. The minimum atomic E-state index is -0.996. The third kappa shape index (κ3) is 8.95. The minimum Gasteiger partial charge on any atom is -0.480 e. The van der Waals surface area contributed by atoms with Crippen LogP contribution < -0.4 is 0 Å². The second-order valence-corrected chi connectivity index (χ2v) is 4.42. The van der Waals surface area contributed by atoms with Gasteiger partial charge in [0.2, 0.25) is 5.91 Å². The number of methoxy groups -OCH3 is 1. The van der Waals surface area contributed by atoms with Crippen LogP contribution in [0.5, 0.6) is 0 Å². The van der Waals surface area contributed by atoms with Gasteiger partial charge in [0, 0.05) is 13.7 Å². The molecule has 0 rings (SSSR count). The molecule has 0 aliphatic carbocycles. The number of carboxylic acids is 1. The van der Waals surface area contributed by atoms with Crippen LogP contribution in [0.25, 0.3) is 0 Å². The molecule has 0 spiro atoms. The van der Waals surface area contributed by atoms with Crippen LogP contribution in [0.4, 0.5) is 0 Å². The first-order valence-electron chi connectivity index (χ1n) is 6.03. The average molecular weight is 261 g/mol. The number of carbonyl (C=O) groups excluding carboxylic acids is 1. The van der Waals surface area contributed by atoms with Crippen molar-refractivity contribution in [3.8, 4) is 0 Å². The molecule has 0 aromatic rings. The van der Waals surface area contributed by atoms with Crippen LogP contribution in [0.3, 0.4) is 0 Å². The SMILES string of the molecule is COCCOCCC(=O)N(CC(=O)O)CC(C)C. The first-order chi connectivity index (χ1) is 8.47. The zero-order valence-corrected chi connectivity index (χ0v) is 11.3. The predicted molar refractivity (Wildman–Crippen MR) is 66.4 cm³/mol. The minimum absolute atomic E-state index is 0.191. The summed E-state index contributed by atoms with van der Waals surface area (Å²) >= 11 is 0. The third-order valence-corrected chi connectivity index (χ3v) is 2.16. The lowest BCUT2D eigenvalue weighted by atomic mass is 10.2. The van der Waals surface area contributed by atoms with Gasteiger partial charge >= 0.3 is 5.97 Å². The van der Waals surface area contributed by atoms with E-state index in [0.29, 0.717) is 19.8 Å². The Morgan fingerprint density at radius 2 is 1.89 bits per heavy atom. The van der Waals surface area contributed by atoms with Gasteiger partial charge in [0.05, 0.1) is 26.2 Å². The number of carboxylic acid groups (broad SMARTS) is 1. The first kappa shape index (κ1) is 16.9.